The molecule has 0 saturated carbocycles. The first-order valence-corrected chi connectivity index (χ1v) is 7.98. The van der Waals surface area contributed by atoms with Crippen molar-refractivity contribution < 1.29 is 22.3 Å². The van der Waals surface area contributed by atoms with E-state index in [0.717, 1.165) is 12.1 Å². The first-order chi connectivity index (χ1) is 8.27. The molecule has 0 aliphatic rings. The molecule has 0 aliphatic carbocycles. The van der Waals surface area contributed by atoms with Crippen LogP contribution in [-0.2, 0) is 13.8 Å². The van der Waals surface area contributed by atoms with Gasteiger partial charge in [-0.15, -0.1) is 0 Å². The highest BCUT2D eigenvalue weighted by Gasteiger charge is 2.23. The summed E-state index contributed by atoms with van der Waals surface area (Å²) in [4.78, 5) is 11.1. The lowest BCUT2D eigenvalue weighted by Crippen LogP contribution is -2.09. The van der Waals surface area contributed by atoms with Gasteiger partial charge in [-0.25, -0.2) is 17.6 Å². The zero-order chi connectivity index (χ0) is 13.9. The van der Waals surface area contributed by atoms with E-state index in [2.05, 4.69) is 15.9 Å². The minimum absolute atomic E-state index is 0.111. The molecule has 8 heteroatoms. The Kier molecular flexibility index (Phi) is 5.12. The SMILES string of the molecule is CCCOC(=O)c1cc(F)cc(S(=O)(=O)Cl)c1Br. The van der Waals surface area contributed by atoms with Crippen molar-refractivity contribution in [1.29, 1.82) is 0 Å². The molecule has 0 spiro atoms. The van der Waals surface area contributed by atoms with E-state index >= 15 is 0 Å². The van der Waals surface area contributed by atoms with Crippen molar-refractivity contribution >= 4 is 41.6 Å². The second-order valence-corrected chi connectivity index (χ2v) is 6.67. The van der Waals surface area contributed by atoms with Crippen molar-refractivity contribution in [3.63, 3.8) is 0 Å². The van der Waals surface area contributed by atoms with Gasteiger partial charge in [-0.3, -0.25) is 0 Å². The lowest BCUT2D eigenvalue weighted by molar-refractivity contribution is 0.0503. The zero-order valence-electron chi connectivity index (χ0n) is 9.24. The maximum atomic E-state index is 13.3. The standard InChI is InChI=1S/C10H9BrClFO4S/c1-2-3-17-10(14)7-4-6(13)5-8(9(7)11)18(12,15)16/h4-5H,2-3H2,1H3. The third kappa shape index (κ3) is 3.66. The molecule has 18 heavy (non-hydrogen) atoms. The van der Waals surface area contributed by atoms with Gasteiger partial charge in [0.05, 0.1) is 16.6 Å². The van der Waals surface area contributed by atoms with E-state index in [1.807, 2.05) is 0 Å². The van der Waals surface area contributed by atoms with Crippen LogP contribution in [0.2, 0.25) is 0 Å². The van der Waals surface area contributed by atoms with Gasteiger partial charge >= 0.3 is 5.97 Å². The van der Waals surface area contributed by atoms with E-state index in [1.165, 1.54) is 0 Å². The average Bonchev–Trinajstić information content (AvgIpc) is 2.27. The summed E-state index contributed by atoms with van der Waals surface area (Å²) < 4.78 is 40.4. The molecule has 0 aliphatic heterocycles. The van der Waals surface area contributed by atoms with Crippen molar-refractivity contribution in [2.24, 2.45) is 0 Å². The largest absolute Gasteiger partial charge is 0.462 e. The summed E-state index contributed by atoms with van der Waals surface area (Å²) in [6.07, 6.45) is 0.597. The zero-order valence-corrected chi connectivity index (χ0v) is 12.4. The predicted molar refractivity (Wildman–Crippen MR) is 67.7 cm³/mol. The molecule has 0 aromatic heterocycles. The van der Waals surface area contributed by atoms with Crippen LogP contribution >= 0.6 is 26.6 Å². The number of ether oxygens (including phenoxy) is 1. The molecule has 0 bridgehead atoms. The highest BCUT2D eigenvalue weighted by molar-refractivity contribution is 9.10. The Morgan fingerprint density at radius 1 is 1.50 bits per heavy atom. The lowest BCUT2D eigenvalue weighted by atomic mass is 10.2. The highest BCUT2D eigenvalue weighted by atomic mass is 79.9. The van der Waals surface area contributed by atoms with E-state index in [4.69, 9.17) is 15.4 Å². The van der Waals surface area contributed by atoms with Crippen LogP contribution in [0.4, 0.5) is 4.39 Å². The first kappa shape index (κ1) is 15.4. The fourth-order valence-electron chi connectivity index (χ4n) is 1.16. The Balaban J connectivity index is 3.30. The van der Waals surface area contributed by atoms with E-state index < -0.39 is 25.7 Å². The van der Waals surface area contributed by atoms with Crippen LogP contribution in [0.3, 0.4) is 0 Å². The first-order valence-electron chi connectivity index (χ1n) is 4.88. The molecule has 4 nitrogen and oxygen atoms in total. The van der Waals surface area contributed by atoms with Crippen LogP contribution in [0, 0.1) is 5.82 Å². The number of benzene rings is 1. The summed E-state index contributed by atoms with van der Waals surface area (Å²) in [5.74, 6) is -1.70. The van der Waals surface area contributed by atoms with Gasteiger partial charge in [-0.1, -0.05) is 6.92 Å². The summed E-state index contributed by atoms with van der Waals surface area (Å²) in [5, 5.41) is 0. The third-order valence-corrected chi connectivity index (χ3v) is 4.39. The Labute approximate surface area is 117 Å². The molecule has 100 valence electrons. The summed E-state index contributed by atoms with van der Waals surface area (Å²) in [6, 6.07) is 1.61. The van der Waals surface area contributed by atoms with Gasteiger partial charge in [0.15, 0.2) is 0 Å². The molecule has 1 rings (SSSR count). The van der Waals surface area contributed by atoms with Gasteiger partial charge in [0, 0.05) is 10.7 Å². The van der Waals surface area contributed by atoms with Gasteiger partial charge in [0.1, 0.15) is 10.7 Å². The fourth-order valence-corrected chi connectivity index (χ4v) is 3.41. The molecule has 1 aromatic carbocycles. The van der Waals surface area contributed by atoms with Crippen LogP contribution in [0.15, 0.2) is 21.5 Å². The topological polar surface area (TPSA) is 60.4 Å². The monoisotopic (exact) mass is 358 g/mol. The summed E-state index contributed by atoms with van der Waals surface area (Å²) in [7, 11) is 0.985. The number of hydrogen-bond acceptors (Lipinski definition) is 4. The molecule has 0 fully saturated rings. The molecule has 0 heterocycles. The number of carbonyl (C=O) groups excluding carboxylic acids is 1. The van der Waals surface area contributed by atoms with Gasteiger partial charge in [-0.2, -0.15) is 0 Å². The predicted octanol–water partition coefficient (Wildman–Crippen LogP) is 3.08. The van der Waals surface area contributed by atoms with Crippen molar-refractivity contribution in [2.75, 3.05) is 6.61 Å². The summed E-state index contributed by atoms with van der Waals surface area (Å²) in [6.45, 7) is 1.95. The Morgan fingerprint density at radius 3 is 2.61 bits per heavy atom. The maximum absolute atomic E-state index is 13.3. The van der Waals surface area contributed by atoms with E-state index in [9.17, 15) is 17.6 Å². The Bertz CT molecular complexity index is 573. The van der Waals surface area contributed by atoms with Crippen molar-refractivity contribution in [3.8, 4) is 0 Å². The van der Waals surface area contributed by atoms with Gasteiger partial charge in [-0.05, 0) is 34.5 Å². The lowest BCUT2D eigenvalue weighted by Gasteiger charge is -2.08. The fraction of sp³-hybridized carbons (Fsp3) is 0.300. The normalized spacial score (nSPS) is 11.3. The van der Waals surface area contributed by atoms with Crippen LogP contribution in [0.25, 0.3) is 0 Å². The van der Waals surface area contributed by atoms with Crippen LogP contribution in [-0.4, -0.2) is 21.0 Å². The number of hydrogen-bond donors (Lipinski definition) is 0. The molecular weight excluding hydrogens is 351 g/mol. The van der Waals surface area contributed by atoms with E-state index in [-0.39, 0.29) is 16.6 Å². The summed E-state index contributed by atoms with van der Waals surface area (Å²) >= 11 is 2.91. The molecule has 0 radical (unpaired) electrons. The Morgan fingerprint density at radius 2 is 2.11 bits per heavy atom. The van der Waals surface area contributed by atoms with Gasteiger partial charge in [0.25, 0.3) is 9.05 Å². The Hall–Kier alpha value is -0.660. The molecule has 0 atom stereocenters. The van der Waals surface area contributed by atoms with Crippen LogP contribution in [0.5, 0.6) is 0 Å². The molecular formula is C10H9BrClFO4S. The number of halogens is 3. The number of carbonyl (C=O) groups is 1. The van der Waals surface area contributed by atoms with E-state index in [0.29, 0.717) is 6.42 Å². The third-order valence-electron chi connectivity index (χ3n) is 1.92. The quantitative estimate of drug-likeness (QED) is 0.612. The van der Waals surface area contributed by atoms with Crippen LogP contribution < -0.4 is 0 Å². The minimum atomic E-state index is -4.15. The van der Waals surface area contributed by atoms with E-state index in [1.54, 1.807) is 6.92 Å². The van der Waals surface area contributed by atoms with Crippen LogP contribution in [0.1, 0.15) is 23.7 Å². The highest BCUT2D eigenvalue weighted by Crippen LogP contribution is 2.30. The average molecular weight is 360 g/mol. The molecule has 1 aromatic rings. The number of rotatable bonds is 4. The van der Waals surface area contributed by atoms with Gasteiger partial charge < -0.3 is 4.74 Å². The second-order valence-electron chi connectivity index (χ2n) is 3.34. The molecule has 0 saturated heterocycles. The molecule has 0 unspecified atom stereocenters. The number of esters is 1. The maximum Gasteiger partial charge on any atom is 0.339 e. The van der Waals surface area contributed by atoms with Crippen molar-refractivity contribution in [3.05, 3.63) is 28.0 Å². The molecule has 0 amide bonds. The minimum Gasteiger partial charge on any atom is -0.462 e. The molecule has 0 N–H and O–H groups in total. The summed E-state index contributed by atoms with van der Waals surface area (Å²) in [5.41, 5.74) is -0.220. The van der Waals surface area contributed by atoms with Gasteiger partial charge in [0.2, 0.25) is 0 Å². The van der Waals surface area contributed by atoms with Crippen molar-refractivity contribution in [2.45, 2.75) is 18.2 Å². The van der Waals surface area contributed by atoms with Crippen molar-refractivity contribution in [1.82, 2.24) is 0 Å². The second kappa shape index (κ2) is 5.99. The smallest absolute Gasteiger partial charge is 0.339 e.